The fraction of sp³-hybridized carbons (Fsp3) is 0.250. The molecule has 0 saturated carbocycles. The first kappa shape index (κ1) is 23.8. The minimum absolute atomic E-state index is 0.379. The zero-order chi connectivity index (χ0) is 26.1. The summed E-state index contributed by atoms with van der Waals surface area (Å²) in [5.41, 5.74) is 3.22. The van der Waals surface area contributed by atoms with E-state index in [1.807, 2.05) is 48.5 Å². The van der Waals surface area contributed by atoms with Crippen molar-refractivity contribution in [1.82, 2.24) is 4.90 Å². The SMILES string of the molecule is COc1ccc(NC(=O)CN2C(=O)[C@H]3[C@H](C2=O)C2(Cl)c4ccccc4C3(Cl)c3ccccc32)c(OC)c1. The number of hydrogen-bond acceptors (Lipinski definition) is 5. The zero-order valence-corrected chi connectivity index (χ0v) is 21.5. The number of hydrogen-bond donors (Lipinski definition) is 1. The van der Waals surface area contributed by atoms with Gasteiger partial charge in [-0.2, -0.15) is 0 Å². The van der Waals surface area contributed by atoms with E-state index < -0.39 is 45.9 Å². The van der Waals surface area contributed by atoms with Gasteiger partial charge in [0.2, 0.25) is 17.7 Å². The molecule has 1 saturated heterocycles. The van der Waals surface area contributed by atoms with E-state index in [1.54, 1.807) is 18.2 Å². The van der Waals surface area contributed by atoms with Crippen LogP contribution in [0.2, 0.25) is 0 Å². The Labute approximate surface area is 223 Å². The number of ether oxygens (including phenoxy) is 2. The van der Waals surface area contributed by atoms with Crippen LogP contribution in [0.4, 0.5) is 5.69 Å². The average molecular weight is 537 g/mol. The van der Waals surface area contributed by atoms with Crippen molar-refractivity contribution in [3.05, 3.63) is 89.0 Å². The fourth-order valence-electron chi connectivity index (χ4n) is 6.12. The quantitative estimate of drug-likeness (QED) is 0.389. The van der Waals surface area contributed by atoms with Crippen LogP contribution < -0.4 is 14.8 Å². The molecule has 0 spiro atoms. The van der Waals surface area contributed by atoms with Crippen molar-refractivity contribution in [2.45, 2.75) is 9.75 Å². The fourth-order valence-corrected chi connectivity index (χ4v) is 7.21. The molecule has 7 nitrogen and oxygen atoms in total. The number of carbonyl (C=O) groups excluding carboxylic acids is 3. The Morgan fingerprint density at radius 1 is 0.838 bits per heavy atom. The Balaban J connectivity index is 1.37. The van der Waals surface area contributed by atoms with E-state index in [0.29, 0.717) is 39.4 Å². The number of likely N-dealkylation sites (tertiary alicyclic amines) is 1. The number of imide groups is 1. The highest BCUT2D eigenvalue weighted by molar-refractivity contribution is 6.36. The third-order valence-electron chi connectivity index (χ3n) is 7.66. The van der Waals surface area contributed by atoms with Crippen molar-refractivity contribution in [3.63, 3.8) is 0 Å². The molecule has 2 atom stereocenters. The summed E-state index contributed by atoms with van der Waals surface area (Å²) in [5.74, 6) is -2.56. The maximum atomic E-state index is 13.8. The van der Waals surface area contributed by atoms with Crippen LogP contribution in [0, 0.1) is 11.8 Å². The van der Waals surface area contributed by atoms with E-state index in [9.17, 15) is 14.4 Å². The van der Waals surface area contributed by atoms with Gasteiger partial charge in [-0.05, 0) is 34.4 Å². The largest absolute Gasteiger partial charge is 0.497 e. The number of rotatable bonds is 5. The molecule has 1 fully saturated rings. The van der Waals surface area contributed by atoms with Crippen LogP contribution in [0.25, 0.3) is 0 Å². The number of amides is 3. The second-order valence-corrected chi connectivity index (χ2v) is 10.5. The van der Waals surface area contributed by atoms with Crippen molar-refractivity contribution in [1.29, 1.82) is 0 Å². The lowest BCUT2D eigenvalue weighted by Crippen LogP contribution is -2.57. The van der Waals surface area contributed by atoms with Gasteiger partial charge in [0.05, 0.1) is 31.7 Å². The van der Waals surface area contributed by atoms with Gasteiger partial charge in [-0.3, -0.25) is 19.3 Å². The van der Waals surface area contributed by atoms with Crippen molar-refractivity contribution in [2.75, 3.05) is 26.1 Å². The molecular weight excluding hydrogens is 515 g/mol. The molecule has 37 heavy (non-hydrogen) atoms. The molecule has 7 rings (SSSR count). The summed E-state index contributed by atoms with van der Waals surface area (Å²) in [6, 6.07) is 19.7. The molecule has 188 valence electrons. The molecule has 1 N–H and O–H groups in total. The van der Waals surface area contributed by atoms with E-state index in [2.05, 4.69) is 5.32 Å². The van der Waals surface area contributed by atoms with Crippen molar-refractivity contribution in [3.8, 4) is 11.5 Å². The zero-order valence-electron chi connectivity index (χ0n) is 20.0. The third kappa shape index (κ3) is 3.04. The number of nitrogens with one attached hydrogen (secondary N) is 1. The monoisotopic (exact) mass is 536 g/mol. The number of nitrogens with zero attached hydrogens (tertiary/aromatic N) is 1. The van der Waals surface area contributed by atoms with E-state index >= 15 is 0 Å². The van der Waals surface area contributed by atoms with Gasteiger partial charge in [0.1, 0.15) is 27.8 Å². The predicted molar refractivity (Wildman–Crippen MR) is 138 cm³/mol. The topological polar surface area (TPSA) is 84.9 Å². The highest BCUT2D eigenvalue weighted by Crippen LogP contribution is 2.69. The maximum absolute atomic E-state index is 13.8. The number of halogens is 2. The molecule has 1 aliphatic heterocycles. The van der Waals surface area contributed by atoms with Crippen molar-refractivity contribution >= 4 is 46.6 Å². The van der Waals surface area contributed by atoms with E-state index in [-0.39, 0.29) is 0 Å². The number of benzene rings is 3. The molecule has 3 aliphatic carbocycles. The molecule has 1 heterocycles. The summed E-state index contributed by atoms with van der Waals surface area (Å²) in [6.45, 7) is -0.480. The first-order chi connectivity index (χ1) is 17.8. The lowest BCUT2D eigenvalue weighted by Gasteiger charge is -2.54. The Morgan fingerprint density at radius 2 is 1.32 bits per heavy atom. The molecule has 3 aromatic rings. The molecule has 4 aliphatic rings. The summed E-state index contributed by atoms with van der Waals surface area (Å²) in [5, 5.41) is 2.72. The first-order valence-electron chi connectivity index (χ1n) is 11.7. The Hall–Kier alpha value is -3.55. The molecular formula is C28H22Cl2N2O5. The molecule has 0 radical (unpaired) electrons. The average Bonchev–Trinajstić information content (AvgIpc) is 3.17. The van der Waals surface area contributed by atoms with Gasteiger partial charge >= 0.3 is 0 Å². The number of carbonyl (C=O) groups is 3. The van der Waals surface area contributed by atoms with Crippen molar-refractivity contribution < 1.29 is 23.9 Å². The second kappa shape index (κ2) is 8.23. The maximum Gasteiger partial charge on any atom is 0.244 e. The van der Waals surface area contributed by atoms with Gasteiger partial charge in [0.25, 0.3) is 0 Å². The van der Waals surface area contributed by atoms with Crippen LogP contribution >= 0.6 is 23.2 Å². The molecule has 0 unspecified atom stereocenters. The lowest BCUT2D eigenvalue weighted by molar-refractivity contribution is -0.142. The second-order valence-electron chi connectivity index (χ2n) is 9.35. The number of anilines is 1. The van der Waals surface area contributed by atoms with E-state index in [1.165, 1.54) is 14.2 Å². The summed E-state index contributed by atoms with van der Waals surface area (Å²) in [6.07, 6.45) is 0. The standard InChI is InChI=1S/C28H22Cl2N2O5/c1-36-15-11-12-20(21(13-15)37-2)31-22(33)14-32-25(34)23-24(26(32)35)28(30)17-8-4-3-7-16(17)27(23,29)18-9-5-6-10-19(18)28/h3-13,23-24H,14H2,1-2H3,(H,31,33)/t23-,24-,27?,28?/m1/s1. The minimum atomic E-state index is -1.29. The van der Waals surface area contributed by atoms with Gasteiger partial charge in [-0.15, -0.1) is 23.2 Å². The summed E-state index contributed by atoms with van der Waals surface area (Å²) < 4.78 is 10.5. The summed E-state index contributed by atoms with van der Waals surface area (Å²) >= 11 is 14.8. The van der Waals surface area contributed by atoms with Crippen LogP contribution in [0.15, 0.2) is 66.7 Å². The molecule has 3 amide bonds. The molecule has 2 bridgehead atoms. The smallest absolute Gasteiger partial charge is 0.244 e. The number of methoxy groups -OCH3 is 2. The number of alkyl halides is 2. The normalized spacial score (nSPS) is 26.9. The predicted octanol–water partition coefficient (Wildman–Crippen LogP) is 4.24. The highest BCUT2D eigenvalue weighted by atomic mass is 35.5. The molecule has 0 aromatic heterocycles. The van der Waals surface area contributed by atoms with E-state index in [4.69, 9.17) is 32.7 Å². The Kier molecular flexibility index (Phi) is 5.30. The summed E-state index contributed by atoms with van der Waals surface area (Å²) in [4.78, 5) is 39.1. The van der Waals surface area contributed by atoms with Crippen LogP contribution in [0.5, 0.6) is 11.5 Å². The highest BCUT2D eigenvalue weighted by Gasteiger charge is 2.73. The summed E-state index contributed by atoms with van der Waals surface area (Å²) in [7, 11) is 2.99. The lowest BCUT2D eigenvalue weighted by atomic mass is 9.54. The van der Waals surface area contributed by atoms with Gasteiger partial charge in [0.15, 0.2) is 0 Å². The van der Waals surface area contributed by atoms with Gasteiger partial charge in [-0.1, -0.05) is 48.5 Å². The first-order valence-corrected chi connectivity index (χ1v) is 12.5. The van der Waals surface area contributed by atoms with E-state index in [0.717, 1.165) is 4.90 Å². The van der Waals surface area contributed by atoms with Crippen molar-refractivity contribution in [2.24, 2.45) is 11.8 Å². The van der Waals surface area contributed by atoms with Crippen LogP contribution in [-0.4, -0.2) is 43.4 Å². The molecule has 9 heteroatoms. The van der Waals surface area contributed by atoms with Gasteiger partial charge in [0, 0.05) is 6.07 Å². The Morgan fingerprint density at radius 3 is 1.76 bits per heavy atom. The third-order valence-corrected chi connectivity index (χ3v) is 8.95. The van der Waals surface area contributed by atoms with Crippen LogP contribution in [-0.2, 0) is 24.1 Å². The van der Waals surface area contributed by atoms with Gasteiger partial charge in [-0.25, -0.2) is 0 Å². The van der Waals surface area contributed by atoms with Crippen LogP contribution in [0.1, 0.15) is 22.3 Å². The Bertz CT molecular complexity index is 1370. The molecule has 3 aromatic carbocycles. The minimum Gasteiger partial charge on any atom is -0.497 e. The van der Waals surface area contributed by atoms with Crippen LogP contribution in [0.3, 0.4) is 0 Å². The van der Waals surface area contributed by atoms with Gasteiger partial charge < -0.3 is 14.8 Å².